The zero-order chi connectivity index (χ0) is 30.6. The Kier molecular flexibility index (Phi) is 7.92. The van der Waals surface area contributed by atoms with Crippen LogP contribution in [0.1, 0.15) is 37.8 Å². The second kappa shape index (κ2) is 12.5. The second-order valence-electron chi connectivity index (χ2n) is 12.5. The van der Waals surface area contributed by atoms with Gasteiger partial charge in [-0.1, -0.05) is 153 Å². The van der Waals surface area contributed by atoms with Crippen molar-refractivity contribution in [2.75, 3.05) is 4.90 Å². The zero-order valence-corrected chi connectivity index (χ0v) is 26.1. The molecule has 5 aromatic rings. The van der Waals surface area contributed by atoms with E-state index < -0.39 is 0 Å². The molecule has 7 rings (SSSR count). The van der Waals surface area contributed by atoms with E-state index in [-0.39, 0.29) is 5.41 Å². The Balaban J connectivity index is 1.24. The molecule has 0 bridgehead atoms. The van der Waals surface area contributed by atoms with E-state index in [9.17, 15) is 0 Å². The summed E-state index contributed by atoms with van der Waals surface area (Å²) in [6.45, 7) is 4.60. The summed E-state index contributed by atoms with van der Waals surface area (Å²) in [5.74, 6) is 0.599. The van der Waals surface area contributed by atoms with Gasteiger partial charge in [-0.2, -0.15) is 0 Å². The van der Waals surface area contributed by atoms with Crippen molar-refractivity contribution in [3.8, 4) is 22.3 Å². The minimum atomic E-state index is -0.0266. The molecule has 45 heavy (non-hydrogen) atoms. The number of rotatable bonds is 7. The highest BCUT2D eigenvalue weighted by molar-refractivity contribution is 5.86. The molecule has 0 spiro atoms. The first-order valence-corrected chi connectivity index (χ1v) is 16.1. The first-order chi connectivity index (χ1) is 22.1. The second-order valence-corrected chi connectivity index (χ2v) is 12.5. The standard InChI is InChI=1S/C44H39N/c1-33-17-19-36(20-18-33)42-15-9-10-16-43(42)37-23-27-40(28-24-37)45(39-25-21-35(22-26-39)34-11-5-3-6-12-34)41-29-31-44(2,32-30-41)38-13-7-4-8-14-38/h3-17,19-31,33H,18,32H2,1-2H3. The lowest BCUT2D eigenvalue weighted by Gasteiger charge is -2.33. The molecule has 0 saturated carbocycles. The molecular weight excluding hydrogens is 542 g/mol. The summed E-state index contributed by atoms with van der Waals surface area (Å²) in [5, 5.41) is 0. The van der Waals surface area contributed by atoms with Gasteiger partial charge in [0.1, 0.15) is 0 Å². The third-order valence-corrected chi connectivity index (χ3v) is 9.27. The quantitative estimate of drug-likeness (QED) is 0.185. The highest BCUT2D eigenvalue weighted by Crippen LogP contribution is 2.40. The van der Waals surface area contributed by atoms with Gasteiger partial charge >= 0.3 is 0 Å². The van der Waals surface area contributed by atoms with E-state index >= 15 is 0 Å². The molecule has 0 heterocycles. The van der Waals surface area contributed by atoms with E-state index in [4.69, 9.17) is 0 Å². The molecular formula is C44H39N. The first kappa shape index (κ1) is 28.6. The smallest absolute Gasteiger partial charge is 0.0461 e. The van der Waals surface area contributed by atoms with Gasteiger partial charge in [0.2, 0.25) is 0 Å². The molecule has 0 aliphatic heterocycles. The molecule has 0 saturated heterocycles. The highest BCUT2D eigenvalue weighted by Gasteiger charge is 2.27. The molecule has 2 aliphatic carbocycles. The van der Waals surface area contributed by atoms with Crippen LogP contribution < -0.4 is 4.90 Å². The Hall–Kier alpha value is -5.14. The van der Waals surface area contributed by atoms with Crippen LogP contribution in [0.3, 0.4) is 0 Å². The maximum absolute atomic E-state index is 2.39. The number of anilines is 2. The largest absolute Gasteiger partial charge is 0.311 e. The molecule has 1 nitrogen and oxygen atoms in total. The van der Waals surface area contributed by atoms with E-state index in [0.717, 1.165) is 24.2 Å². The molecule has 0 aromatic heterocycles. The number of hydrogen-bond donors (Lipinski definition) is 0. The van der Waals surface area contributed by atoms with Crippen LogP contribution in [-0.4, -0.2) is 0 Å². The van der Waals surface area contributed by atoms with Gasteiger partial charge in [-0.05, 0) is 88.1 Å². The topological polar surface area (TPSA) is 3.24 Å². The van der Waals surface area contributed by atoms with Gasteiger partial charge in [-0.3, -0.25) is 0 Å². The molecule has 1 heteroatoms. The summed E-state index contributed by atoms with van der Waals surface area (Å²) in [6.07, 6.45) is 16.1. The van der Waals surface area contributed by atoms with Gasteiger partial charge in [-0.25, -0.2) is 0 Å². The molecule has 220 valence electrons. The van der Waals surface area contributed by atoms with Gasteiger partial charge in [0, 0.05) is 22.5 Å². The molecule has 0 fully saturated rings. The third kappa shape index (κ3) is 5.99. The number of hydrogen-bond acceptors (Lipinski definition) is 1. The van der Waals surface area contributed by atoms with Crippen molar-refractivity contribution in [3.05, 3.63) is 187 Å². The van der Waals surface area contributed by atoms with Crippen molar-refractivity contribution >= 4 is 16.9 Å². The Bertz CT molecular complexity index is 1890. The van der Waals surface area contributed by atoms with E-state index in [1.54, 1.807) is 0 Å². The summed E-state index contributed by atoms with van der Waals surface area (Å²) in [5.41, 5.74) is 12.3. The van der Waals surface area contributed by atoms with Crippen molar-refractivity contribution in [3.63, 3.8) is 0 Å². The van der Waals surface area contributed by atoms with Crippen molar-refractivity contribution in [1.29, 1.82) is 0 Å². The number of benzene rings is 5. The van der Waals surface area contributed by atoms with Crippen LogP contribution in [0, 0.1) is 5.92 Å². The lowest BCUT2D eigenvalue weighted by molar-refractivity contribution is 0.595. The molecule has 2 atom stereocenters. The van der Waals surface area contributed by atoms with Crippen LogP contribution in [-0.2, 0) is 5.41 Å². The van der Waals surface area contributed by atoms with Gasteiger partial charge in [0.25, 0.3) is 0 Å². The van der Waals surface area contributed by atoms with Crippen molar-refractivity contribution in [1.82, 2.24) is 0 Å². The van der Waals surface area contributed by atoms with E-state index in [1.165, 1.54) is 44.7 Å². The van der Waals surface area contributed by atoms with Crippen LogP contribution in [0.4, 0.5) is 11.4 Å². The van der Waals surface area contributed by atoms with E-state index in [1.807, 2.05) is 0 Å². The van der Waals surface area contributed by atoms with Crippen molar-refractivity contribution < 1.29 is 0 Å². The average Bonchev–Trinajstić information content (AvgIpc) is 3.11. The normalized spacial score (nSPS) is 19.1. The summed E-state index contributed by atoms with van der Waals surface area (Å²) < 4.78 is 0. The van der Waals surface area contributed by atoms with Crippen LogP contribution >= 0.6 is 0 Å². The lowest BCUT2D eigenvalue weighted by Crippen LogP contribution is -2.24. The average molecular weight is 582 g/mol. The molecule has 0 N–H and O–H groups in total. The maximum atomic E-state index is 2.39. The third-order valence-electron chi connectivity index (χ3n) is 9.27. The maximum Gasteiger partial charge on any atom is 0.0461 e. The van der Waals surface area contributed by atoms with Gasteiger partial charge in [-0.15, -0.1) is 0 Å². The van der Waals surface area contributed by atoms with Gasteiger partial charge < -0.3 is 4.90 Å². The van der Waals surface area contributed by atoms with Gasteiger partial charge in [0.15, 0.2) is 0 Å². The van der Waals surface area contributed by atoms with Crippen molar-refractivity contribution in [2.24, 2.45) is 5.92 Å². The molecule has 2 unspecified atom stereocenters. The minimum absolute atomic E-state index is 0.0266. The minimum Gasteiger partial charge on any atom is -0.311 e. The lowest BCUT2D eigenvalue weighted by atomic mass is 9.77. The monoisotopic (exact) mass is 581 g/mol. The molecule has 2 aliphatic rings. The van der Waals surface area contributed by atoms with E-state index in [2.05, 4.69) is 189 Å². The number of nitrogens with zero attached hydrogens (tertiary/aromatic N) is 1. The number of allylic oxidation sites excluding steroid dienone is 7. The molecule has 0 radical (unpaired) electrons. The Morgan fingerprint density at radius 3 is 1.76 bits per heavy atom. The fraction of sp³-hybridized carbons (Fsp3) is 0.136. The van der Waals surface area contributed by atoms with Crippen molar-refractivity contribution in [2.45, 2.75) is 32.1 Å². The van der Waals surface area contributed by atoms with E-state index in [0.29, 0.717) is 5.92 Å². The SMILES string of the molecule is CC1C=CC(c2ccccc2-c2ccc(N(C3=CCC(C)(c4ccccc4)C=C3)c3ccc(-c4ccccc4)cc3)cc2)=CC1. The fourth-order valence-electron chi connectivity index (χ4n) is 6.51. The van der Waals surface area contributed by atoms with Gasteiger partial charge in [0.05, 0.1) is 0 Å². The zero-order valence-electron chi connectivity index (χ0n) is 26.1. The summed E-state index contributed by atoms with van der Waals surface area (Å²) in [4.78, 5) is 2.39. The van der Waals surface area contributed by atoms with Crippen LogP contribution in [0.25, 0.3) is 27.8 Å². The predicted octanol–water partition coefficient (Wildman–Crippen LogP) is 11.9. The molecule has 0 amide bonds. The fourth-order valence-corrected chi connectivity index (χ4v) is 6.51. The Morgan fingerprint density at radius 2 is 1.16 bits per heavy atom. The highest BCUT2D eigenvalue weighted by atomic mass is 15.1. The van der Waals surface area contributed by atoms with Crippen LogP contribution in [0.5, 0.6) is 0 Å². The molecule has 5 aromatic carbocycles. The Labute approximate surface area is 268 Å². The summed E-state index contributed by atoms with van der Waals surface area (Å²) in [7, 11) is 0. The predicted molar refractivity (Wildman–Crippen MR) is 192 cm³/mol. The van der Waals surface area contributed by atoms with Crippen LogP contribution in [0.15, 0.2) is 176 Å². The summed E-state index contributed by atoms with van der Waals surface area (Å²) in [6, 6.07) is 48.2. The first-order valence-electron chi connectivity index (χ1n) is 16.1. The van der Waals surface area contributed by atoms with Crippen LogP contribution in [0.2, 0.25) is 0 Å². The Morgan fingerprint density at radius 1 is 0.578 bits per heavy atom. The summed E-state index contributed by atoms with van der Waals surface area (Å²) >= 11 is 0.